The summed E-state index contributed by atoms with van der Waals surface area (Å²) in [5.41, 5.74) is 0. The van der Waals surface area contributed by atoms with Crippen LogP contribution in [0.15, 0.2) is 0 Å². The molecular weight excluding hydrogens is 275 g/mol. The molecule has 20 heavy (non-hydrogen) atoms. The maximum atomic E-state index is 10.4. The van der Waals surface area contributed by atoms with Crippen LogP contribution in [0.1, 0.15) is 60.8 Å². The Morgan fingerprint density at radius 3 is 1.75 bits per heavy atom. The smallest absolute Gasteiger partial charge is 0.313 e. The van der Waals surface area contributed by atoms with Crippen molar-refractivity contribution in [3.05, 3.63) is 0 Å². The Hall–Kier alpha value is -0.408. The molecule has 0 heterocycles. The molecular formula is C14H28AlO5+. The van der Waals surface area contributed by atoms with Crippen molar-refractivity contribution < 1.29 is 21.9 Å². The van der Waals surface area contributed by atoms with E-state index in [0.717, 1.165) is 12.8 Å². The Kier molecular flexibility index (Phi) is 16.4. The van der Waals surface area contributed by atoms with Crippen molar-refractivity contribution in [1.29, 1.82) is 0 Å². The number of carbonyl (C=O) groups excluding carboxylic acids is 2. The van der Waals surface area contributed by atoms with E-state index in [4.69, 9.17) is 7.58 Å². The van der Waals surface area contributed by atoms with Crippen LogP contribution in [0, 0.1) is 0 Å². The second-order valence-corrected chi connectivity index (χ2v) is 5.23. The molecule has 0 aliphatic rings. The molecule has 0 saturated heterocycles. The van der Waals surface area contributed by atoms with Crippen molar-refractivity contribution in [2.24, 2.45) is 0 Å². The van der Waals surface area contributed by atoms with Crippen LogP contribution in [-0.4, -0.2) is 46.5 Å². The fourth-order valence-electron chi connectivity index (χ4n) is 0.829. The van der Waals surface area contributed by atoms with E-state index in [9.17, 15) is 9.59 Å². The van der Waals surface area contributed by atoms with E-state index in [1.54, 1.807) is 6.92 Å². The fraction of sp³-hybridized carbons (Fsp3) is 0.857. The van der Waals surface area contributed by atoms with E-state index in [1.807, 2.05) is 0 Å². The average molecular weight is 303 g/mol. The zero-order valence-electron chi connectivity index (χ0n) is 13.6. The van der Waals surface area contributed by atoms with Gasteiger partial charge in [-0.2, -0.15) is 0 Å². The van der Waals surface area contributed by atoms with Gasteiger partial charge in [-0.05, 0) is 13.8 Å². The normalized spacial score (nSPS) is 12.5. The minimum absolute atomic E-state index is 0.103. The minimum Gasteiger partial charge on any atom is -0.466 e. The van der Waals surface area contributed by atoms with Crippen molar-refractivity contribution in [3.63, 3.8) is 0 Å². The first kappa shape index (κ1) is 21.9. The molecule has 6 heteroatoms. The molecule has 0 amide bonds. The molecule has 0 fully saturated rings. The number of hydrogen-bond donors (Lipinski definition) is 0. The molecule has 2 unspecified atom stereocenters. The van der Waals surface area contributed by atoms with Crippen LogP contribution in [0.25, 0.3) is 0 Å². The third kappa shape index (κ3) is 17.6. The van der Waals surface area contributed by atoms with Crippen molar-refractivity contribution >= 4 is 27.6 Å². The van der Waals surface area contributed by atoms with Crippen LogP contribution in [0.5, 0.6) is 0 Å². The molecule has 0 N–H and O–H groups in total. The molecule has 0 aromatic carbocycles. The Bertz CT molecular complexity index is 248. The maximum absolute atomic E-state index is 10.4. The van der Waals surface area contributed by atoms with Crippen LogP contribution < -0.4 is 0 Å². The van der Waals surface area contributed by atoms with Gasteiger partial charge >= 0.3 is 82.2 Å². The van der Waals surface area contributed by atoms with Gasteiger partial charge in [-0.25, -0.2) is 0 Å². The van der Waals surface area contributed by atoms with Crippen molar-refractivity contribution in [1.82, 2.24) is 0 Å². The fourth-order valence-corrected chi connectivity index (χ4v) is 1.66. The Labute approximate surface area is 129 Å². The Morgan fingerprint density at radius 1 is 1.00 bits per heavy atom. The van der Waals surface area contributed by atoms with Crippen molar-refractivity contribution in [3.8, 4) is 0 Å². The van der Waals surface area contributed by atoms with Gasteiger partial charge in [-0.15, -0.1) is 0 Å². The standard InChI is InChI=1S/C6H10O3.2C4H9O.Al/c1-3-9-6(8)4-5(2)7;2*1-3-4(2)5;/h3-4H2,1-2H3;2*4H,3H2,1-2H3;/q;2*-1;+3. The summed E-state index contributed by atoms with van der Waals surface area (Å²) in [5, 5.41) is 0. The first-order valence-electron chi connectivity index (χ1n) is 7.14. The number of ether oxygens (including phenoxy) is 1. The third-order valence-corrected chi connectivity index (χ3v) is 3.58. The predicted molar refractivity (Wildman–Crippen MR) is 79.4 cm³/mol. The van der Waals surface area contributed by atoms with E-state index in [-0.39, 0.29) is 28.1 Å². The number of hydrogen-bond acceptors (Lipinski definition) is 5. The zero-order valence-corrected chi connectivity index (χ0v) is 14.8. The number of rotatable bonds is 9. The molecule has 0 radical (unpaired) electrons. The summed E-state index contributed by atoms with van der Waals surface area (Å²) < 4.78 is 15.3. The van der Waals surface area contributed by atoms with Crippen LogP contribution in [-0.2, 0) is 21.9 Å². The van der Waals surface area contributed by atoms with Gasteiger partial charge < -0.3 is 4.74 Å². The molecule has 0 aromatic heterocycles. The van der Waals surface area contributed by atoms with Gasteiger partial charge in [0.1, 0.15) is 12.2 Å². The van der Waals surface area contributed by atoms with E-state index in [2.05, 4.69) is 32.4 Å². The van der Waals surface area contributed by atoms with Crippen LogP contribution in [0.3, 0.4) is 0 Å². The Morgan fingerprint density at radius 2 is 1.45 bits per heavy atom. The van der Waals surface area contributed by atoms with E-state index in [1.165, 1.54) is 6.92 Å². The van der Waals surface area contributed by atoms with E-state index in [0.29, 0.717) is 18.8 Å². The molecule has 0 rings (SSSR count). The summed E-state index contributed by atoms with van der Waals surface area (Å²) in [6, 6.07) is 0. The Balaban J connectivity index is 0. The summed E-state index contributed by atoms with van der Waals surface area (Å²) in [6.07, 6.45) is 2.74. The monoisotopic (exact) mass is 303 g/mol. The summed E-state index contributed by atoms with van der Waals surface area (Å²) in [5.74, 6) is -0.599. The van der Waals surface area contributed by atoms with Gasteiger partial charge in [0.15, 0.2) is 0 Å². The van der Waals surface area contributed by atoms with Crippen molar-refractivity contribution in [2.45, 2.75) is 73.0 Å². The van der Waals surface area contributed by atoms with Gasteiger partial charge in [0.05, 0.1) is 6.61 Å². The molecule has 2 atom stereocenters. The number of Topliss-reactive ketones (excluding diaryl/α,β-unsaturated/α-hetero) is 1. The van der Waals surface area contributed by atoms with E-state index < -0.39 is 5.97 Å². The van der Waals surface area contributed by atoms with Crippen LogP contribution in [0.2, 0.25) is 0 Å². The van der Waals surface area contributed by atoms with Gasteiger partial charge in [0.25, 0.3) is 0 Å². The summed E-state index contributed by atoms with van der Waals surface area (Å²) >= 11 is -0.250. The van der Waals surface area contributed by atoms with Gasteiger partial charge in [0, 0.05) is 0 Å². The van der Waals surface area contributed by atoms with Crippen LogP contribution >= 0.6 is 0 Å². The van der Waals surface area contributed by atoms with Gasteiger partial charge in [0.2, 0.25) is 0 Å². The number of esters is 1. The second-order valence-electron chi connectivity index (χ2n) is 4.49. The molecule has 0 spiro atoms. The number of carbonyl (C=O) groups is 2. The number of ketones is 1. The second kappa shape index (κ2) is 15.0. The SMILES string of the molecule is CCC(C)[O][Al+][O]C(C)CC.CCOC(=O)CC(C)=O. The van der Waals surface area contributed by atoms with Crippen molar-refractivity contribution in [2.75, 3.05) is 6.61 Å². The molecule has 0 bridgehead atoms. The molecule has 5 nitrogen and oxygen atoms in total. The molecule has 0 aromatic rings. The predicted octanol–water partition coefficient (Wildman–Crippen LogP) is 2.68. The molecule has 0 aliphatic carbocycles. The average Bonchev–Trinajstić information content (AvgIpc) is 2.38. The molecule has 0 aliphatic heterocycles. The quantitative estimate of drug-likeness (QED) is 0.372. The maximum Gasteiger partial charge on any atom is 0.313 e. The molecule has 0 saturated carbocycles. The summed E-state index contributed by atoms with van der Waals surface area (Å²) in [4.78, 5) is 20.6. The summed E-state index contributed by atoms with van der Waals surface area (Å²) in [7, 11) is 0. The largest absolute Gasteiger partial charge is 0.466 e. The van der Waals surface area contributed by atoms with Crippen LogP contribution in [0.4, 0.5) is 0 Å². The van der Waals surface area contributed by atoms with Gasteiger partial charge in [-0.3, -0.25) is 9.59 Å². The molecule has 116 valence electrons. The minimum atomic E-state index is -0.440. The third-order valence-electron chi connectivity index (χ3n) is 2.42. The topological polar surface area (TPSA) is 61.8 Å². The zero-order chi connectivity index (χ0) is 16.0. The summed E-state index contributed by atoms with van der Waals surface area (Å²) in [6.45, 7) is 11.8. The first-order valence-corrected chi connectivity index (χ1v) is 8.09. The van der Waals surface area contributed by atoms with E-state index >= 15 is 0 Å². The van der Waals surface area contributed by atoms with Gasteiger partial charge in [-0.1, -0.05) is 0 Å². The first-order chi connectivity index (χ1) is 9.37.